The van der Waals surface area contributed by atoms with Gasteiger partial charge in [0.2, 0.25) is 0 Å². The van der Waals surface area contributed by atoms with Crippen molar-refractivity contribution in [3.8, 4) is 11.3 Å². The first-order valence-corrected chi connectivity index (χ1v) is 7.54. The van der Waals surface area contributed by atoms with Gasteiger partial charge in [0.25, 0.3) is 0 Å². The second kappa shape index (κ2) is 6.15. The van der Waals surface area contributed by atoms with Crippen molar-refractivity contribution >= 4 is 17.5 Å². The van der Waals surface area contributed by atoms with Crippen molar-refractivity contribution in [2.45, 2.75) is 16.7 Å². The first-order chi connectivity index (χ1) is 10.6. The standard InChI is InChI=1S/C17H13FN2OS/c1-11(21)15-10-16(20-19-15)14-4-2-3-5-17(14)22-13-8-6-12(18)7-9-13/h2-10H,1H3,(H,19,20). The van der Waals surface area contributed by atoms with Crippen LogP contribution < -0.4 is 0 Å². The van der Waals surface area contributed by atoms with Crippen molar-refractivity contribution in [2.24, 2.45) is 0 Å². The van der Waals surface area contributed by atoms with E-state index in [2.05, 4.69) is 10.2 Å². The van der Waals surface area contributed by atoms with E-state index in [1.165, 1.54) is 30.8 Å². The second-order valence-electron chi connectivity index (χ2n) is 4.78. The van der Waals surface area contributed by atoms with Crippen LogP contribution in [-0.2, 0) is 0 Å². The van der Waals surface area contributed by atoms with E-state index in [0.29, 0.717) is 5.69 Å². The molecule has 110 valence electrons. The number of aromatic amines is 1. The van der Waals surface area contributed by atoms with Crippen molar-refractivity contribution in [1.29, 1.82) is 0 Å². The molecule has 0 fully saturated rings. The van der Waals surface area contributed by atoms with Crippen LogP contribution in [0.5, 0.6) is 0 Å². The van der Waals surface area contributed by atoms with Gasteiger partial charge < -0.3 is 0 Å². The molecule has 1 N–H and O–H groups in total. The number of carbonyl (C=O) groups is 1. The van der Waals surface area contributed by atoms with E-state index < -0.39 is 0 Å². The molecular formula is C17H13FN2OS. The summed E-state index contributed by atoms with van der Waals surface area (Å²) in [6.07, 6.45) is 0. The maximum Gasteiger partial charge on any atom is 0.179 e. The van der Waals surface area contributed by atoms with Gasteiger partial charge in [0.15, 0.2) is 5.78 Å². The molecule has 0 atom stereocenters. The Kier molecular flexibility index (Phi) is 4.06. The number of nitrogens with one attached hydrogen (secondary N) is 1. The van der Waals surface area contributed by atoms with E-state index in [1.54, 1.807) is 18.2 Å². The number of ketones is 1. The Morgan fingerprint density at radius 1 is 1.14 bits per heavy atom. The van der Waals surface area contributed by atoms with E-state index >= 15 is 0 Å². The van der Waals surface area contributed by atoms with Crippen molar-refractivity contribution in [3.63, 3.8) is 0 Å². The zero-order chi connectivity index (χ0) is 15.5. The molecule has 1 heterocycles. The highest BCUT2D eigenvalue weighted by atomic mass is 32.2. The number of halogens is 1. The lowest BCUT2D eigenvalue weighted by molar-refractivity contribution is 0.101. The van der Waals surface area contributed by atoms with Gasteiger partial charge >= 0.3 is 0 Å². The number of carbonyl (C=O) groups excluding carboxylic acids is 1. The van der Waals surface area contributed by atoms with Crippen molar-refractivity contribution in [1.82, 2.24) is 10.2 Å². The Labute approximate surface area is 131 Å². The van der Waals surface area contributed by atoms with Crippen molar-refractivity contribution in [3.05, 3.63) is 66.1 Å². The van der Waals surface area contributed by atoms with Gasteiger partial charge in [0.1, 0.15) is 11.5 Å². The minimum absolute atomic E-state index is 0.0776. The Hall–Kier alpha value is -2.40. The normalized spacial score (nSPS) is 10.6. The maximum absolute atomic E-state index is 13.0. The second-order valence-corrected chi connectivity index (χ2v) is 5.89. The average molecular weight is 312 g/mol. The lowest BCUT2D eigenvalue weighted by atomic mass is 10.1. The predicted octanol–water partition coefficient (Wildman–Crippen LogP) is 4.57. The maximum atomic E-state index is 13.0. The summed E-state index contributed by atoms with van der Waals surface area (Å²) in [7, 11) is 0. The lowest BCUT2D eigenvalue weighted by Gasteiger charge is -2.07. The first kappa shape index (κ1) is 14.5. The molecule has 0 saturated heterocycles. The molecule has 0 aliphatic heterocycles. The Morgan fingerprint density at radius 3 is 2.55 bits per heavy atom. The first-order valence-electron chi connectivity index (χ1n) is 6.72. The number of Topliss-reactive ketones (excluding diaryl/α,β-unsaturated/α-hetero) is 1. The van der Waals surface area contributed by atoms with E-state index in [1.807, 2.05) is 24.3 Å². The molecule has 0 amide bonds. The summed E-state index contributed by atoms with van der Waals surface area (Å²) < 4.78 is 13.0. The molecule has 0 radical (unpaired) electrons. The molecule has 0 bridgehead atoms. The fraction of sp³-hybridized carbons (Fsp3) is 0.0588. The molecule has 22 heavy (non-hydrogen) atoms. The number of nitrogens with zero attached hydrogens (tertiary/aromatic N) is 1. The third-order valence-corrected chi connectivity index (χ3v) is 4.24. The highest BCUT2D eigenvalue weighted by molar-refractivity contribution is 7.99. The van der Waals surface area contributed by atoms with E-state index in [-0.39, 0.29) is 11.6 Å². The largest absolute Gasteiger partial charge is 0.293 e. The van der Waals surface area contributed by atoms with Gasteiger partial charge in [-0.05, 0) is 36.4 Å². The summed E-state index contributed by atoms with van der Waals surface area (Å²) in [6.45, 7) is 1.49. The number of hydrogen-bond donors (Lipinski definition) is 1. The zero-order valence-electron chi connectivity index (χ0n) is 11.8. The molecular weight excluding hydrogens is 299 g/mol. The number of aromatic nitrogens is 2. The lowest BCUT2D eigenvalue weighted by Crippen LogP contribution is -1.90. The summed E-state index contributed by atoms with van der Waals surface area (Å²) in [5.41, 5.74) is 2.16. The average Bonchev–Trinajstić information content (AvgIpc) is 3.00. The summed E-state index contributed by atoms with van der Waals surface area (Å²) in [5, 5.41) is 6.91. The van der Waals surface area contributed by atoms with E-state index in [9.17, 15) is 9.18 Å². The molecule has 3 rings (SSSR count). The highest BCUT2D eigenvalue weighted by Gasteiger charge is 2.11. The van der Waals surface area contributed by atoms with Crippen LogP contribution in [0.2, 0.25) is 0 Å². The fourth-order valence-electron chi connectivity index (χ4n) is 2.05. The fourth-order valence-corrected chi connectivity index (χ4v) is 3.01. The SMILES string of the molecule is CC(=O)c1cc(-c2ccccc2Sc2ccc(F)cc2)[nH]n1. The van der Waals surface area contributed by atoms with Crippen molar-refractivity contribution in [2.75, 3.05) is 0 Å². The van der Waals surface area contributed by atoms with Gasteiger partial charge in [0, 0.05) is 22.3 Å². The Balaban J connectivity index is 1.95. The van der Waals surface area contributed by atoms with E-state index in [4.69, 9.17) is 0 Å². The topological polar surface area (TPSA) is 45.8 Å². The van der Waals surface area contributed by atoms with Gasteiger partial charge in [-0.25, -0.2) is 4.39 Å². The molecule has 0 aliphatic carbocycles. The quantitative estimate of drug-likeness (QED) is 0.718. The van der Waals surface area contributed by atoms with Gasteiger partial charge in [0.05, 0.1) is 5.69 Å². The molecule has 3 nitrogen and oxygen atoms in total. The van der Waals surface area contributed by atoms with Crippen LogP contribution in [0, 0.1) is 5.82 Å². The van der Waals surface area contributed by atoms with Crippen LogP contribution in [-0.4, -0.2) is 16.0 Å². The van der Waals surface area contributed by atoms with Crippen LogP contribution >= 0.6 is 11.8 Å². The summed E-state index contributed by atoms with van der Waals surface area (Å²) in [6, 6.07) is 15.9. The van der Waals surface area contributed by atoms with E-state index in [0.717, 1.165) is 21.0 Å². The Morgan fingerprint density at radius 2 is 1.86 bits per heavy atom. The minimum atomic E-state index is -0.252. The minimum Gasteiger partial charge on any atom is -0.293 e. The highest BCUT2D eigenvalue weighted by Crippen LogP contribution is 2.35. The van der Waals surface area contributed by atoms with Crippen LogP contribution in [0.4, 0.5) is 4.39 Å². The molecule has 1 aromatic heterocycles. The van der Waals surface area contributed by atoms with Gasteiger partial charge in [-0.2, -0.15) is 5.10 Å². The van der Waals surface area contributed by atoms with Crippen LogP contribution in [0.15, 0.2) is 64.4 Å². The molecule has 0 spiro atoms. The van der Waals surface area contributed by atoms with Crippen molar-refractivity contribution < 1.29 is 9.18 Å². The van der Waals surface area contributed by atoms with Gasteiger partial charge in [-0.1, -0.05) is 30.0 Å². The smallest absolute Gasteiger partial charge is 0.179 e. The van der Waals surface area contributed by atoms with Crippen LogP contribution in [0.1, 0.15) is 17.4 Å². The number of rotatable bonds is 4. The van der Waals surface area contributed by atoms with Crippen LogP contribution in [0.3, 0.4) is 0 Å². The zero-order valence-corrected chi connectivity index (χ0v) is 12.7. The summed E-state index contributed by atoms with van der Waals surface area (Å²) in [5.74, 6) is -0.330. The number of hydrogen-bond acceptors (Lipinski definition) is 3. The monoisotopic (exact) mass is 312 g/mol. The molecule has 2 aromatic carbocycles. The predicted molar refractivity (Wildman–Crippen MR) is 84.6 cm³/mol. The summed E-state index contributed by atoms with van der Waals surface area (Å²) >= 11 is 1.54. The molecule has 3 aromatic rings. The molecule has 0 unspecified atom stereocenters. The summed E-state index contributed by atoms with van der Waals surface area (Å²) in [4.78, 5) is 13.3. The number of benzene rings is 2. The van der Waals surface area contributed by atoms with Gasteiger partial charge in [-0.3, -0.25) is 9.89 Å². The number of H-pyrrole nitrogens is 1. The molecule has 0 saturated carbocycles. The third-order valence-electron chi connectivity index (χ3n) is 3.16. The Bertz CT molecular complexity index is 812. The molecule has 0 aliphatic rings. The van der Waals surface area contributed by atoms with Gasteiger partial charge in [-0.15, -0.1) is 0 Å². The third kappa shape index (κ3) is 3.09. The van der Waals surface area contributed by atoms with Crippen LogP contribution in [0.25, 0.3) is 11.3 Å². The molecule has 5 heteroatoms.